The normalized spacial score (nSPS) is 24.4. The molecule has 20 heavy (non-hydrogen) atoms. The number of hydrogen-bond acceptors (Lipinski definition) is 5. The van der Waals surface area contributed by atoms with Crippen LogP contribution in [0, 0.1) is 17.1 Å². The first-order valence-electron chi connectivity index (χ1n) is 5.57. The van der Waals surface area contributed by atoms with Gasteiger partial charge in [0, 0.05) is 5.56 Å². The number of benzene rings is 1. The number of nitrogens with two attached hydrogens (primary N) is 2. The third kappa shape index (κ3) is 1.91. The van der Waals surface area contributed by atoms with Gasteiger partial charge >= 0.3 is 5.92 Å². The van der Waals surface area contributed by atoms with Crippen molar-refractivity contribution in [2.24, 2.45) is 10.7 Å². The predicted molar refractivity (Wildman–Crippen MR) is 65.4 cm³/mol. The summed E-state index contributed by atoms with van der Waals surface area (Å²) in [6, 6.07) is 2.99. The molecular formula is C12H11F3N4O. The van der Waals surface area contributed by atoms with E-state index in [9.17, 15) is 13.2 Å². The number of halogens is 3. The van der Waals surface area contributed by atoms with Crippen molar-refractivity contribution in [3.63, 3.8) is 0 Å². The molecule has 0 spiro atoms. The molecule has 1 atom stereocenters. The predicted octanol–water partition coefficient (Wildman–Crippen LogP) is 1.47. The lowest BCUT2D eigenvalue weighted by atomic mass is 9.84. The fourth-order valence-corrected chi connectivity index (χ4v) is 1.96. The van der Waals surface area contributed by atoms with Crippen LogP contribution in [-0.4, -0.2) is 18.6 Å². The largest absolute Gasteiger partial charge is 0.459 e. The first-order chi connectivity index (χ1) is 9.21. The van der Waals surface area contributed by atoms with E-state index in [4.69, 9.17) is 16.7 Å². The molecule has 1 aliphatic heterocycles. The van der Waals surface area contributed by atoms with Crippen LogP contribution in [0.2, 0.25) is 0 Å². The summed E-state index contributed by atoms with van der Waals surface area (Å²) in [7, 11) is 0. The Bertz CT molecular complexity index is 638. The Labute approximate surface area is 112 Å². The summed E-state index contributed by atoms with van der Waals surface area (Å²) in [5.74, 6) is -4.48. The maximum atomic E-state index is 14.0. The zero-order valence-corrected chi connectivity index (χ0v) is 10.5. The molecule has 2 rings (SSSR count). The SMILES string of the molecule is C[C@]1(c2cc(N)c(C#N)cc2F)N=C(N)OCC1(F)F. The van der Waals surface area contributed by atoms with Crippen molar-refractivity contribution in [1.82, 2.24) is 0 Å². The van der Waals surface area contributed by atoms with E-state index in [2.05, 4.69) is 9.73 Å². The molecule has 1 aromatic carbocycles. The molecular weight excluding hydrogens is 273 g/mol. The lowest BCUT2D eigenvalue weighted by Gasteiger charge is -2.37. The van der Waals surface area contributed by atoms with Crippen LogP contribution in [0.5, 0.6) is 0 Å². The van der Waals surface area contributed by atoms with Crippen molar-refractivity contribution in [1.29, 1.82) is 5.26 Å². The maximum absolute atomic E-state index is 14.0. The molecule has 0 bridgehead atoms. The zero-order valence-electron chi connectivity index (χ0n) is 10.5. The smallest absolute Gasteiger partial charge is 0.310 e. The Kier molecular flexibility index (Phi) is 3.01. The van der Waals surface area contributed by atoms with Crippen LogP contribution < -0.4 is 11.5 Å². The number of anilines is 1. The molecule has 8 heteroatoms. The number of ether oxygens (including phenoxy) is 1. The summed E-state index contributed by atoms with van der Waals surface area (Å²) >= 11 is 0. The summed E-state index contributed by atoms with van der Waals surface area (Å²) in [6.45, 7) is 0.0183. The van der Waals surface area contributed by atoms with Gasteiger partial charge in [0.05, 0.1) is 11.3 Å². The lowest BCUT2D eigenvalue weighted by molar-refractivity contribution is -0.117. The van der Waals surface area contributed by atoms with Crippen molar-refractivity contribution in [2.45, 2.75) is 18.4 Å². The molecule has 4 N–H and O–H groups in total. The van der Waals surface area contributed by atoms with Gasteiger partial charge in [-0.25, -0.2) is 9.38 Å². The molecule has 0 amide bonds. The molecule has 1 aliphatic rings. The summed E-state index contributed by atoms with van der Waals surface area (Å²) in [6.07, 6.45) is 0. The number of rotatable bonds is 1. The number of alkyl halides is 2. The van der Waals surface area contributed by atoms with Crippen LogP contribution in [0.4, 0.5) is 18.9 Å². The monoisotopic (exact) mass is 284 g/mol. The maximum Gasteiger partial charge on any atom is 0.310 e. The first-order valence-corrected chi connectivity index (χ1v) is 5.57. The zero-order chi connectivity index (χ0) is 15.1. The van der Waals surface area contributed by atoms with Crippen LogP contribution in [0.25, 0.3) is 0 Å². The van der Waals surface area contributed by atoms with Gasteiger partial charge in [-0.2, -0.15) is 14.0 Å². The molecule has 5 nitrogen and oxygen atoms in total. The minimum absolute atomic E-state index is 0.110. The summed E-state index contributed by atoms with van der Waals surface area (Å²) in [5.41, 5.74) is 7.91. The average molecular weight is 284 g/mol. The van der Waals surface area contributed by atoms with Crippen molar-refractivity contribution in [3.8, 4) is 6.07 Å². The Balaban J connectivity index is 2.69. The summed E-state index contributed by atoms with van der Waals surface area (Å²) in [4.78, 5) is 3.54. The number of nitrogens with zero attached hydrogens (tertiary/aromatic N) is 2. The molecule has 1 heterocycles. The van der Waals surface area contributed by atoms with E-state index in [0.29, 0.717) is 0 Å². The van der Waals surface area contributed by atoms with Gasteiger partial charge in [-0.05, 0) is 19.1 Å². The van der Waals surface area contributed by atoms with E-state index in [1.54, 1.807) is 6.07 Å². The van der Waals surface area contributed by atoms with Crippen molar-refractivity contribution < 1.29 is 17.9 Å². The molecule has 0 fully saturated rings. The Hall–Kier alpha value is -2.43. The third-order valence-electron chi connectivity index (χ3n) is 3.23. The van der Waals surface area contributed by atoms with Crippen LogP contribution >= 0.6 is 0 Å². The van der Waals surface area contributed by atoms with Crippen molar-refractivity contribution in [3.05, 3.63) is 29.1 Å². The fraction of sp³-hybridized carbons (Fsp3) is 0.333. The highest BCUT2D eigenvalue weighted by Crippen LogP contribution is 2.45. The number of amidine groups is 1. The summed E-state index contributed by atoms with van der Waals surface area (Å²) < 4.78 is 46.6. The van der Waals surface area contributed by atoms with E-state index >= 15 is 0 Å². The van der Waals surface area contributed by atoms with Gasteiger partial charge in [-0.3, -0.25) is 0 Å². The van der Waals surface area contributed by atoms with E-state index < -0.39 is 35.5 Å². The van der Waals surface area contributed by atoms with E-state index in [0.717, 1.165) is 19.1 Å². The number of nitrogen functional groups attached to an aromatic ring is 1. The van der Waals surface area contributed by atoms with Gasteiger partial charge in [0.2, 0.25) is 0 Å². The molecule has 0 radical (unpaired) electrons. The average Bonchev–Trinajstić information content (AvgIpc) is 2.37. The highest BCUT2D eigenvalue weighted by molar-refractivity contribution is 5.73. The lowest BCUT2D eigenvalue weighted by Crippen LogP contribution is -2.51. The molecule has 0 saturated carbocycles. The van der Waals surface area contributed by atoms with E-state index in [-0.39, 0.29) is 11.3 Å². The van der Waals surface area contributed by atoms with Gasteiger partial charge in [-0.1, -0.05) is 0 Å². The molecule has 1 aromatic rings. The second kappa shape index (κ2) is 4.30. The van der Waals surface area contributed by atoms with E-state index in [1.807, 2.05) is 0 Å². The molecule has 0 saturated heterocycles. The quantitative estimate of drug-likeness (QED) is 0.763. The van der Waals surface area contributed by atoms with Crippen LogP contribution in [0.15, 0.2) is 17.1 Å². The second-order valence-electron chi connectivity index (χ2n) is 4.55. The first kappa shape index (κ1) is 14.0. The number of aliphatic imine (C=N–C) groups is 1. The van der Waals surface area contributed by atoms with Crippen LogP contribution in [0.1, 0.15) is 18.1 Å². The minimum atomic E-state index is -3.47. The molecule has 0 unspecified atom stereocenters. The fourth-order valence-electron chi connectivity index (χ4n) is 1.96. The van der Waals surface area contributed by atoms with Crippen LogP contribution in [-0.2, 0) is 10.3 Å². The number of hydrogen-bond donors (Lipinski definition) is 2. The highest BCUT2D eigenvalue weighted by Gasteiger charge is 2.56. The molecule has 0 aromatic heterocycles. The second-order valence-corrected chi connectivity index (χ2v) is 4.55. The Morgan fingerprint density at radius 3 is 2.65 bits per heavy atom. The molecule has 0 aliphatic carbocycles. The van der Waals surface area contributed by atoms with Crippen LogP contribution in [0.3, 0.4) is 0 Å². The Morgan fingerprint density at radius 1 is 1.40 bits per heavy atom. The molecule has 106 valence electrons. The van der Waals surface area contributed by atoms with Gasteiger partial charge in [0.25, 0.3) is 6.02 Å². The van der Waals surface area contributed by atoms with Crippen molar-refractivity contribution >= 4 is 11.7 Å². The Morgan fingerprint density at radius 2 is 2.05 bits per heavy atom. The van der Waals surface area contributed by atoms with Gasteiger partial charge in [0.1, 0.15) is 11.9 Å². The van der Waals surface area contributed by atoms with Gasteiger partial charge in [0.15, 0.2) is 12.1 Å². The third-order valence-corrected chi connectivity index (χ3v) is 3.23. The van der Waals surface area contributed by atoms with Gasteiger partial charge in [-0.15, -0.1) is 0 Å². The standard InChI is InChI=1S/C12H11F3N4O/c1-11(12(14,15)5-20-10(18)19-11)7-3-9(17)6(4-16)2-8(7)13/h2-3H,5,17H2,1H3,(H2,18,19)/t11-/m1/s1. The van der Waals surface area contributed by atoms with E-state index in [1.165, 1.54) is 0 Å². The van der Waals surface area contributed by atoms with Crippen molar-refractivity contribution in [2.75, 3.05) is 12.3 Å². The minimum Gasteiger partial charge on any atom is -0.459 e. The highest BCUT2D eigenvalue weighted by atomic mass is 19.3. The topological polar surface area (TPSA) is 97.4 Å². The summed E-state index contributed by atoms with van der Waals surface area (Å²) in [5, 5.41) is 8.74. The number of nitriles is 1. The van der Waals surface area contributed by atoms with Gasteiger partial charge < -0.3 is 16.2 Å².